The summed E-state index contributed by atoms with van der Waals surface area (Å²) in [5.41, 5.74) is 2.93. The lowest BCUT2D eigenvalue weighted by Gasteiger charge is -2.31. The third-order valence-corrected chi connectivity index (χ3v) is 6.03. The van der Waals surface area contributed by atoms with Crippen molar-refractivity contribution in [1.29, 1.82) is 0 Å². The van der Waals surface area contributed by atoms with E-state index >= 15 is 0 Å². The highest BCUT2D eigenvalue weighted by molar-refractivity contribution is 5.95. The topological polar surface area (TPSA) is 56.4 Å². The zero-order valence-electron chi connectivity index (χ0n) is 18.4. The van der Waals surface area contributed by atoms with E-state index in [1.165, 1.54) is 10.8 Å². The molecular weight excluding hydrogens is 384 g/mol. The second-order valence-corrected chi connectivity index (χ2v) is 8.38. The second-order valence-electron chi connectivity index (χ2n) is 8.38. The van der Waals surface area contributed by atoms with Gasteiger partial charge in [-0.25, -0.2) is 0 Å². The van der Waals surface area contributed by atoms with Gasteiger partial charge in [0.2, 0.25) is 0 Å². The fourth-order valence-electron chi connectivity index (χ4n) is 4.33. The summed E-state index contributed by atoms with van der Waals surface area (Å²) in [7, 11) is 2.17. The Kier molecular flexibility index (Phi) is 6.85. The van der Waals surface area contributed by atoms with E-state index in [9.17, 15) is 4.79 Å². The van der Waals surface area contributed by atoms with Gasteiger partial charge in [-0.15, -0.1) is 0 Å². The Bertz CT molecular complexity index is 1020. The van der Waals surface area contributed by atoms with Crippen LogP contribution in [0.25, 0.3) is 10.8 Å². The maximum Gasteiger partial charge on any atom is 0.251 e. The van der Waals surface area contributed by atoms with E-state index in [-0.39, 0.29) is 11.9 Å². The molecule has 0 aromatic heterocycles. The third-order valence-electron chi connectivity index (χ3n) is 6.03. The fraction of sp³-hybridized carbons (Fsp3) is 0.346. The number of fused-ring (bicyclic) bond motifs is 1. The molecule has 2 atom stereocenters. The van der Waals surface area contributed by atoms with E-state index in [1.807, 2.05) is 30.3 Å². The van der Waals surface area contributed by atoms with Crippen LogP contribution < -0.4 is 16.0 Å². The van der Waals surface area contributed by atoms with Crippen LogP contribution in [0.3, 0.4) is 0 Å². The standard InChI is InChI=1S/C26H32N4O/c1-3-25(29-26(31)19-9-5-4-6-10-19)24-16-21(15-20-11-7-8-12-23(20)24)28-17-22-18-30(2)14-13-27-22/h4-12,15-16,22,25,27-28H,3,13-14,17-18H2,1-2H3,(H,29,31)/t22?,25-/m1/s1. The van der Waals surface area contributed by atoms with Crippen LogP contribution in [0.4, 0.5) is 5.69 Å². The van der Waals surface area contributed by atoms with Gasteiger partial charge in [0, 0.05) is 43.5 Å². The number of piperazine rings is 1. The number of amides is 1. The lowest BCUT2D eigenvalue weighted by molar-refractivity contribution is 0.0936. The zero-order chi connectivity index (χ0) is 21.6. The van der Waals surface area contributed by atoms with Crippen LogP contribution in [0.5, 0.6) is 0 Å². The predicted octanol–water partition coefficient (Wildman–Crippen LogP) is 4.04. The predicted molar refractivity (Wildman–Crippen MR) is 129 cm³/mol. The van der Waals surface area contributed by atoms with Crippen LogP contribution in [0.15, 0.2) is 66.7 Å². The van der Waals surface area contributed by atoms with E-state index in [0.29, 0.717) is 11.6 Å². The molecule has 5 heteroatoms. The van der Waals surface area contributed by atoms with Gasteiger partial charge < -0.3 is 20.9 Å². The molecule has 3 aromatic carbocycles. The second kappa shape index (κ2) is 9.94. The van der Waals surface area contributed by atoms with Crippen molar-refractivity contribution in [2.75, 3.05) is 38.5 Å². The summed E-state index contributed by atoms with van der Waals surface area (Å²) in [5, 5.41) is 12.8. The van der Waals surface area contributed by atoms with Crippen LogP contribution >= 0.6 is 0 Å². The molecule has 31 heavy (non-hydrogen) atoms. The normalized spacial score (nSPS) is 17.9. The van der Waals surface area contributed by atoms with Gasteiger partial charge in [-0.2, -0.15) is 0 Å². The van der Waals surface area contributed by atoms with Crippen LogP contribution in [0.2, 0.25) is 0 Å². The van der Waals surface area contributed by atoms with Crippen molar-refractivity contribution < 1.29 is 4.79 Å². The molecule has 0 saturated carbocycles. The molecule has 0 bridgehead atoms. The molecule has 1 aliphatic rings. The van der Waals surface area contributed by atoms with Gasteiger partial charge in [0.05, 0.1) is 6.04 Å². The van der Waals surface area contributed by atoms with Gasteiger partial charge in [0.25, 0.3) is 5.91 Å². The number of carbonyl (C=O) groups is 1. The maximum atomic E-state index is 12.8. The summed E-state index contributed by atoms with van der Waals surface area (Å²) >= 11 is 0. The van der Waals surface area contributed by atoms with Crippen molar-refractivity contribution in [3.63, 3.8) is 0 Å². The molecule has 162 valence electrons. The molecular formula is C26H32N4O. The average Bonchev–Trinajstić information content (AvgIpc) is 2.81. The molecule has 0 radical (unpaired) electrons. The molecule has 0 aliphatic carbocycles. The van der Waals surface area contributed by atoms with Crippen molar-refractivity contribution in [3.8, 4) is 0 Å². The van der Waals surface area contributed by atoms with E-state index < -0.39 is 0 Å². The molecule has 1 fully saturated rings. The largest absolute Gasteiger partial charge is 0.383 e. The highest BCUT2D eigenvalue weighted by Crippen LogP contribution is 2.30. The van der Waals surface area contributed by atoms with E-state index in [0.717, 1.165) is 43.9 Å². The molecule has 3 aromatic rings. The minimum atomic E-state index is -0.0571. The van der Waals surface area contributed by atoms with Crippen LogP contribution in [0, 0.1) is 0 Å². The molecule has 1 saturated heterocycles. The molecule has 1 aliphatic heterocycles. The molecule has 0 spiro atoms. The first-order chi connectivity index (χ1) is 15.1. The third kappa shape index (κ3) is 5.24. The number of likely N-dealkylation sites (N-methyl/N-ethyl adjacent to an activating group) is 1. The summed E-state index contributed by atoms with van der Waals surface area (Å²) in [5.74, 6) is -0.0377. The Morgan fingerprint density at radius 1 is 1.13 bits per heavy atom. The average molecular weight is 417 g/mol. The number of benzene rings is 3. The monoisotopic (exact) mass is 416 g/mol. The number of nitrogens with zero attached hydrogens (tertiary/aromatic N) is 1. The summed E-state index contributed by atoms with van der Waals surface area (Å²) in [6.07, 6.45) is 0.820. The van der Waals surface area contributed by atoms with Gasteiger partial charge in [-0.3, -0.25) is 4.79 Å². The van der Waals surface area contributed by atoms with Crippen LogP contribution in [0.1, 0.15) is 35.3 Å². The maximum absolute atomic E-state index is 12.8. The van der Waals surface area contributed by atoms with Gasteiger partial charge in [0.15, 0.2) is 0 Å². The lowest BCUT2D eigenvalue weighted by atomic mass is 9.95. The SMILES string of the molecule is CC[C@@H](NC(=O)c1ccccc1)c1cc(NCC2CN(C)CCN2)cc2ccccc12. The smallest absolute Gasteiger partial charge is 0.251 e. The Morgan fingerprint density at radius 3 is 2.68 bits per heavy atom. The van der Waals surface area contributed by atoms with E-state index in [4.69, 9.17) is 0 Å². The fourth-order valence-corrected chi connectivity index (χ4v) is 4.33. The Hall–Kier alpha value is -2.89. The first kappa shape index (κ1) is 21.3. The molecule has 1 amide bonds. The summed E-state index contributed by atoms with van der Waals surface area (Å²) in [6.45, 7) is 6.14. The van der Waals surface area contributed by atoms with Crippen molar-refractivity contribution in [2.24, 2.45) is 0 Å². The summed E-state index contributed by atoms with van der Waals surface area (Å²) in [4.78, 5) is 15.2. The molecule has 1 unspecified atom stereocenters. The molecule has 1 heterocycles. The molecule has 3 N–H and O–H groups in total. The van der Waals surface area contributed by atoms with Crippen LogP contribution in [-0.4, -0.2) is 50.1 Å². The number of hydrogen-bond donors (Lipinski definition) is 3. The quantitative estimate of drug-likeness (QED) is 0.544. The lowest BCUT2D eigenvalue weighted by Crippen LogP contribution is -2.51. The molecule has 5 nitrogen and oxygen atoms in total. The van der Waals surface area contributed by atoms with Crippen molar-refractivity contribution >= 4 is 22.4 Å². The Balaban J connectivity index is 1.58. The first-order valence-corrected chi connectivity index (χ1v) is 11.2. The van der Waals surface area contributed by atoms with E-state index in [2.05, 4.69) is 71.2 Å². The van der Waals surface area contributed by atoms with Crippen molar-refractivity contribution in [2.45, 2.75) is 25.4 Å². The minimum Gasteiger partial charge on any atom is -0.383 e. The van der Waals surface area contributed by atoms with Crippen LogP contribution in [-0.2, 0) is 0 Å². The minimum absolute atomic E-state index is 0.0377. The van der Waals surface area contributed by atoms with Crippen molar-refractivity contribution in [3.05, 3.63) is 77.9 Å². The highest BCUT2D eigenvalue weighted by atomic mass is 16.1. The number of anilines is 1. The highest BCUT2D eigenvalue weighted by Gasteiger charge is 2.19. The number of carbonyl (C=O) groups excluding carboxylic acids is 1. The van der Waals surface area contributed by atoms with Crippen molar-refractivity contribution in [1.82, 2.24) is 15.5 Å². The number of nitrogens with one attached hydrogen (secondary N) is 3. The van der Waals surface area contributed by atoms with Gasteiger partial charge in [-0.05, 0) is 54.1 Å². The summed E-state index contributed by atoms with van der Waals surface area (Å²) < 4.78 is 0. The number of hydrogen-bond acceptors (Lipinski definition) is 4. The van der Waals surface area contributed by atoms with Gasteiger partial charge in [-0.1, -0.05) is 49.4 Å². The van der Waals surface area contributed by atoms with E-state index in [1.54, 1.807) is 0 Å². The Labute approximate surface area is 184 Å². The zero-order valence-corrected chi connectivity index (χ0v) is 18.4. The summed E-state index contributed by atoms with van der Waals surface area (Å²) in [6, 6.07) is 22.6. The number of rotatable bonds is 7. The van der Waals surface area contributed by atoms with Gasteiger partial charge >= 0.3 is 0 Å². The first-order valence-electron chi connectivity index (χ1n) is 11.2. The Morgan fingerprint density at radius 2 is 1.90 bits per heavy atom. The molecule has 4 rings (SSSR count). The van der Waals surface area contributed by atoms with Gasteiger partial charge in [0.1, 0.15) is 0 Å².